The molecular weight excluding hydrogens is 326 g/mol. The number of H-pyrrole nitrogens is 1. The van der Waals surface area contributed by atoms with Gasteiger partial charge in [-0.05, 0) is 44.8 Å². The number of nitrogens with one attached hydrogen (secondary N) is 1. The Labute approximate surface area is 152 Å². The number of aromatic nitrogens is 2. The number of benzene rings is 2. The van der Waals surface area contributed by atoms with Crippen molar-refractivity contribution < 1.29 is 0 Å². The lowest BCUT2D eigenvalue weighted by Gasteiger charge is -2.19. The van der Waals surface area contributed by atoms with E-state index >= 15 is 0 Å². The quantitative estimate of drug-likeness (QED) is 0.522. The average molecular weight is 347 g/mol. The van der Waals surface area contributed by atoms with Crippen LogP contribution in [0.15, 0.2) is 60.1 Å². The van der Waals surface area contributed by atoms with Crippen molar-refractivity contribution >= 4 is 22.2 Å². The Bertz CT molecular complexity index is 998. The molecular formula is C21H21N3S. The van der Waals surface area contributed by atoms with E-state index in [1.54, 1.807) is 11.3 Å². The van der Waals surface area contributed by atoms with Crippen molar-refractivity contribution in [1.29, 1.82) is 0 Å². The first-order valence-electron chi connectivity index (χ1n) is 8.42. The maximum atomic E-state index is 4.85. The van der Waals surface area contributed by atoms with Crippen LogP contribution in [0.3, 0.4) is 0 Å². The largest absolute Gasteiger partial charge is 0.361 e. The number of nitrogens with zero attached hydrogens (tertiary/aromatic N) is 2. The van der Waals surface area contributed by atoms with Crippen molar-refractivity contribution in [1.82, 2.24) is 14.9 Å². The van der Waals surface area contributed by atoms with Crippen LogP contribution in [0.25, 0.3) is 32.7 Å². The molecule has 2 aromatic carbocycles. The molecule has 2 heterocycles. The first-order chi connectivity index (χ1) is 12.1. The molecule has 0 amide bonds. The van der Waals surface area contributed by atoms with E-state index in [-0.39, 0.29) is 0 Å². The summed E-state index contributed by atoms with van der Waals surface area (Å²) in [7, 11) is 4.22. The highest BCUT2D eigenvalue weighted by atomic mass is 32.1. The summed E-state index contributed by atoms with van der Waals surface area (Å²) in [6.45, 7) is 2.23. The Morgan fingerprint density at radius 3 is 2.60 bits per heavy atom. The summed E-state index contributed by atoms with van der Waals surface area (Å²) in [4.78, 5) is 10.5. The van der Waals surface area contributed by atoms with Gasteiger partial charge in [0.2, 0.25) is 0 Å². The molecule has 0 bridgehead atoms. The van der Waals surface area contributed by atoms with Crippen LogP contribution in [0, 0.1) is 0 Å². The second-order valence-electron chi connectivity index (χ2n) is 6.55. The zero-order valence-electron chi connectivity index (χ0n) is 14.7. The zero-order chi connectivity index (χ0) is 17.4. The van der Waals surface area contributed by atoms with Crippen LogP contribution >= 0.6 is 11.3 Å². The fraction of sp³-hybridized carbons (Fsp3) is 0.190. The number of thiazole rings is 1. The van der Waals surface area contributed by atoms with E-state index in [9.17, 15) is 0 Å². The van der Waals surface area contributed by atoms with E-state index in [1.807, 2.05) is 6.07 Å². The molecule has 0 fully saturated rings. The van der Waals surface area contributed by atoms with Gasteiger partial charge in [0.25, 0.3) is 0 Å². The van der Waals surface area contributed by atoms with Gasteiger partial charge in [-0.15, -0.1) is 11.3 Å². The van der Waals surface area contributed by atoms with Gasteiger partial charge in [0, 0.05) is 39.6 Å². The molecule has 1 N–H and O–H groups in total. The molecule has 0 aliphatic rings. The second kappa shape index (κ2) is 6.47. The molecule has 0 aliphatic carbocycles. The van der Waals surface area contributed by atoms with Crippen LogP contribution in [0.2, 0.25) is 0 Å². The lowest BCUT2D eigenvalue weighted by atomic mass is 10.0. The Balaban J connectivity index is 1.75. The first-order valence-corrected chi connectivity index (χ1v) is 9.30. The molecule has 0 aliphatic heterocycles. The molecule has 0 radical (unpaired) electrons. The van der Waals surface area contributed by atoms with Gasteiger partial charge in [-0.2, -0.15) is 0 Å². The molecule has 4 aromatic rings. The van der Waals surface area contributed by atoms with Crippen molar-refractivity contribution in [2.24, 2.45) is 0 Å². The summed E-state index contributed by atoms with van der Waals surface area (Å²) in [5.74, 6) is 0. The highest BCUT2D eigenvalue weighted by Crippen LogP contribution is 2.33. The van der Waals surface area contributed by atoms with E-state index in [0.29, 0.717) is 6.04 Å². The number of fused-ring (bicyclic) bond motifs is 1. The predicted molar refractivity (Wildman–Crippen MR) is 107 cm³/mol. The van der Waals surface area contributed by atoms with Gasteiger partial charge < -0.3 is 9.88 Å². The molecule has 2 aromatic heterocycles. The van der Waals surface area contributed by atoms with Crippen molar-refractivity contribution in [3.8, 4) is 21.8 Å². The van der Waals surface area contributed by atoms with Crippen LogP contribution in [0.5, 0.6) is 0 Å². The summed E-state index contributed by atoms with van der Waals surface area (Å²) < 4.78 is 0. The van der Waals surface area contributed by atoms with Crippen molar-refractivity contribution in [3.63, 3.8) is 0 Å². The van der Waals surface area contributed by atoms with Crippen LogP contribution in [0.1, 0.15) is 18.5 Å². The minimum atomic E-state index is 0.361. The third-order valence-corrected chi connectivity index (χ3v) is 5.65. The average Bonchev–Trinajstić information content (AvgIpc) is 3.28. The van der Waals surface area contributed by atoms with Crippen LogP contribution < -0.4 is 0 Å². The van der Waals surface area contributed by atoms with Gasteiger partial charge in [-0.3, -0.25) is 0 Å². The summed E-state index contributed by atoms with van der Waals surface area (Å²) in [6.07, 6.45) is 2.12. The molecule has 0 saturated heterocycles. The monoisotopic (exact) mass is 347 g/mol. The van der Waals surface area contributed by atoms with Gasteiger partial charge in [0.15, 0.2) is 0 Å². The molecule has 126 valence electrons. The summed E-state index contributed by atoms with van der Waals surface area (Å²) in [6, 6.07) is 17.3. The third-order valence-electron chi connectivity index (χ3n) is 4.76. The van der Waals surface area contributed by atoms with Crippen LogP contribution in [-0.4, -0.2) is 29.0 Å². The number of aromatic amines is 1. The Hall–Kier alpha value is -2.43. The minimum Gasteiger partial charge on any atom is -0.361 e. The minimum absolute atomic E-state index is 0.361. The maximum absolute atomic E-state index is 4.85. The molecule has 0 spiro atoms. The number of hydrogen-bond acceptors (Lipinski definition) is 3. The van der Waals surface area contributed by atoms with Gasteiger partial charge in [0.05, 0.1) is 5.69 Å². The molecule has 4 heteroatoms. The van der Waals surface area contributed by atoms with E-state index in [0.717, 1.165) is 16.3 Å². The first kappa shape index (κ1) is 16.1. The molecule has 1 unspecified atom stereocenters. The highest BCUT2D eigenvalue weighted by molar-refractivity contribution is 7.13. The molecule has 25 heavy (non-hydrogen) atoms. The van der Waals surface area contributed by atoms with Gasteiger partial charge in [-0.25, -0.2) is 4.98 Å². The van der Waals surface area contributed by atoms with Gasteiger partial charge in [0.1, 0.15) is 5.01 Å². The van der Waals surface area contributed by atoms with E-state index in [2.05, 4.69) is 84.9 Å². The van der Waals surface area contributed by atoms with E-state index < -0.39 is 0 Å². The fourth-order valence-electron chi connectivity index (χ4n) is 3.05. The molecule has 3 nitrogen and oxygen atoms in total. The van der Waals surface area contributed by atoms with E-state index in [1.165, 1.54) is 22.0 Å². The lowest BCUT2D eigenvalue weighted by molar-refractivity contribution is 0.323. The number of hydrogen-bond donors (Lipinski definition) is 1. The molecule has 4 rings (SSSR count). The fourth-order valence-corrected chi connectivity index (χ4v) is 3.87. The Morgan fingerprint density at radius 1 is 1.04 bits per heavy atom. The highest BCUT2D eigenvalue weighted by Gasteiger charge is 2.14. The second-order valence-corrected chi connectivity index (χ2v) is 7.41. The third kappa shape index (κ3) is 2.99. The summed E-state index contributed by atoms with van der Waals surface area (Å²) >= 11 is 1.70. The molecule has 0 saturated carbocycles. The van der Waals surface area contributed by atoms with Crippen molar-refractivity contribution in [2.45, 2.75) is 13.0 Å². The smallest absolute Gasteiger partial charge is 0.124 e. The summed E-state index contributed by atoms with van der Waals surface area (Å²) in [5.41, 5.74) is 5.87. The molecule has 1 atom stereocenters. The van der Waals surface area contributed by atoms with Crippen LogP contribution in [0.4, 0.5) is 0 Å². The SMILES string of the molecule is CC(c1c[nH]c2ccc(-c3nc(-c4ccccc4)cs3)cc12)N(C)C. The lowest BCUT2D eigenvalue weighted by Crippen LogP contribution is -2.16. The maximum Gasteiger partial charge on any atom is 0.124 e. The normalized spacial score (nSPS) is 12.8. The summed E-state index contributed by atoms with van der Waals surface area (Å²) in [5, 5.41) is 4.47. The van der Waals surface area contributed by atoms with Gasteiger partial charge in [-0.1, -0.05) is 30.3 Å². The Kier molecular flexibility index (Phi) is 4.15. The van der Waals surface area contributed by atoms with Crippen molar-refractivity contribution in [3.05, 3.63) is 65.7 Å². The van der Waals surface area contributed by atoms with Gasteiger partial charge >= 0.3 is 0 Å². The number of rotatable bonds is 4. The topological polar surface area (TPSA) is 31.9 Å². The predicted octanol–water partition coefficient (Wildman–Crippen LogP) is 5.58. The Morgan fingerprint density at radius 2 is 1.84 bits per heavy atom. The van der Waals surface area contributed by atoms with Crippen LogP contribution in [-0.2, 0) is 0 Å². The standard InChI is InChI=1S/C21H21N3S/c1-14(24(2)3)18-12-22-19-10-9-16(11-17(18)19)21-23-20(13-25-21)15-7-5-4-6-8-15/h4-14,22H,1-3H3. The van der Waals surface area contributed by atoms with E-state index in [4.69, 9.17) is 4.98 Å². The zero-order valence-corrected chi connectivity index (χ0v) is 15.5. The van der Waals surface area contributed by atoms with Crippen molar-refractivity contribution in [2.75, 3.05) is 14.1 Å².